The van der Waals surface area contributed by atoms with Crippen LogP contribution in [-0.4, -0.2) is 35.2 Å². The van der Waals surface area contributed by atoms with Gasteiger partial charge in [-0.25, -0.2) is 13.2 Å². The molecule has 0 fully saturated rings. The van der Waals surface area contributed by atoms with Gasteiger partial charge in [-0.3, -0.25) is 4.31 Å². The van der Waals surface area contributed by atoms with Crippen molar-refractivity contribution in [2.75, 3.05) is 25.1 Å². The summed E-state index contributed by atoms with van der Waals surface area (Å²) in [6.45, 7) is -0.116. The number of hydrogen-bond donors (Lipinski definition) is 0. The monoisotopic (exact) mass is 447 g/mol. The van der Waals surface area contributed by atoms with Gasteiger partial charge in [0.15, 0.2) is 6.61 Å². The fraction of sp³-hybridized carbons (Fsp3) is 0.190. The molecule has 158 valence electrons. The molecule has 0 N–H and O–H groups in total. The van der Waals surface area contributed by atoms with Crippen molar-refractivity contribution < 1.29 is 27.4 Å². The Morgan fingerprint density at radius 3 is 2.27 bits per heavy atom. The zero-order valence-electron chi connectivity index (χ0n) is 16.5. The second-order valence-corrected chi connectivity index (χ2v) is 9.34. The molecule has 3 aromatic rings. The number of methoxy groups -OCH3 is 1. The van der Waals surface area contributed by atoms with Gasteiger partial charge in [0, 0.05) is 7.05 Å². The van der Waals surface area contributed by atoms with Gasteiger partial charge in [-0.1, -0.05) is 18.2 Å². The maximum Gasteiger partial charge on any atom is 0.344 e. The molecule has 1 aromatic heterocycles. The maximum atomic E-state index is 12.6. The topological polar surface area (TPSA) is 82.1 Å². The van der Waals surface area contributed by atoms with Crippen LogP contribution < -0.4 is 13.8 Å². The van der Waals surface area contributed by atoms with Crippen LogP contribution in [0.15, 0.2) is 70.3 Å². The Morgan fingerprint density at radius 2 is 1.67 bits per heavy atom. The standard InChI is InChI=1S/C21H21NO6S2/c1-22(30(24,25)21-4-3-13-29-21)17-7-11-19(12-8-17)27-15-20(23)28-14-16-5-9-18(26-2)10-6-16/h3-13H,14-15H2,1-2H3. The number of anilines is 1. The average Bonchev–Trinajstić information content (AvgIpc) is 3.32. The van der Waals surface area contributed by atoms with Gasteiger partial charge in [0.25, 0.3) is 10.0 Å². The number of sulfonamides is 1. The van der Waals surface area contributed by atoms with Gasteiger partial charge >= 0.3 is 5.97 Å². The molecule has 9 heteroatoms. The number of carbonyl (C=O) groups is 1. The van der Waals surface area contributed by atoms with Gasteiger partial charge in [-0.15, -0.1) is 11.3 Å². The Kier molecular flexibility index (Phi) is 6.96. The lowest BCUT2D eigenvalue weighted by molar-refractivity contribution is -0.147. The Hall–Kier alpha value is -3.04. The van der Waals surface area contributed by atoms with Crippen LogP contribution in [0.5, 0.6) is 11.5 Å². The number of rotatable bonds is 9. The van der Waals surface area contributed by atoms with E-state index >= 15 is 0 Å². The highest BCUT2D eigenvalue weighted by atomic mass is 32.2. The fourth-order valence-electron chi connectivity index (χ4n) is 2.51. The van der Waals surface area contributed by atoms with Crippen LogP contribution in [0.4, 0.5) is 5.69 Å². The first-order valence-electron chi connectivity index (χ1n) is 8.94. The molecule has 2 aromatic carbocycles. The minimum atomic E-state index is -3.60. The van der Waals surface area contributed by atoms with Crippen LogP contribution >= 0.6 is 11.3 Å². The molecule has 0 spiro atoms. The second kappa shape index (κ2) is 9.64. The largest absolute Gasteiger partial charge is 0.497 e. The molecule has 0 atom stereocenters. The van der Waals surface area contributed by atoms with Crippen LogP contribution in [-0.2, 0) is 26.2 Å². The molecule has 3 rings (SSSR count). The van der Waals surface area contributed by atoms with E-state index in [0.717, 1.165) is 22.6 Å². The van der Waals surface area contributed by atoms with E-state index in [9.17, 15) is 13.2 Å². The van der Waals surface area contributed by atoms with Gasteiger partial charge in [-0.2, -0.15) is 0 Å². The summed E-state index contributed by atoms with van der Waals surface area (Å²) in [6.07, 6.45) is 0. The summed E-state index contributed by atoms with van der Waals surface area (Å²) in [5, 5.41) is 1.71. The predicted molar refractivity (Wildman–Crippen MR) is 115 cm³/mol. The molecule has 0 saturated heterocycles. The first-order valence-corrected chi connectivity index (χ1v) is 11.3. The van der Waals surface area contributed by atoms with Crippen molar-refractivity contribution in [1.82, 2.24) is 0 Å². The Bertz CT molecular complexity index is 1060. The normalized spacial score (nSPS) is 11.0. The zero-order chi connectivity index (χ0) is 21.6. The molecule has 0 aliphatic carbocycles. The van der Waals surface area contributed by atoms with Crippen molar-refractivity contribution in [2.45, 2.75) is 10.8 Å². The SMILES string of the molecule is COc1ccc(COC(=O)COc2ccc(N(C)S(=O)(=O)c3cccs3)cc2)cc1. The molecule has 0 aliphatic rings. The quantitative estimate of drug-likeness (QED) is 0.465. The molecule has 30 heavy (non-hydrogen) atoms. The summed E-state index contributed by atoms with van der Waals surface area (Å²) in [5.41, 5.74) is 1.32. The Morgan fingerprint density at radius 1 is 1.00 bits per heavy atom. The Balaban J connectivity index is 1.51. The van der Waals surface area contributed by atoms with Crippen LogP contribution in [0.2, 0.25) is 0 Å². The number of thiophene rings is 1. The minimum absolute atomic E-state index is 0.135. The van der Waals surface area contributed by atoms with E-state index in [4.69, 9.17) is 14.2 Å². The Labute approximate surface area is 179 Å². The van der Waals surface area contributed by atoms with Crippen LogP contribution in [0, 0.1) is 0 Å². The van der Waals surface area contributed by atoms with Crippen LogP contribution in [0.3, 0.4) is 0 Å². The average molecular weight is 448 g/mol. The van der Waals surface area contributed by atoms with E-state index in [1.165, 1.54) is 11.4 Å². The number of ether oxygens (including phenoxy) is 3. The van der Waals surface area contributed by atoms with Crippen molar-refractivity contribution in [3.05, 3.63) is 71.6 Å². The predicted octanol–water partition coefficient (Wildman–Crippen LogP) is 3.70. The number of carbonyl (C=O) groups excluding carboxylic acids is 1. The van der Waals surface area contributed by atoms with Crippen molar-refractivity contribution >= 4 is 33.0 Å². The minimum Gasteiger partial charge on any atom is -0.497 e. The molecule has 0 saturated carbocycles. The number of nitrogens with zero attached hydrogens (tertiary/aromatic N) is 1. The molecule has 0 aliphatic heterocycles. The summed E-state index contributed by atoms with van der Waals surface area (Å²) < 4.78 is 42.3. The van der Waals surface area contributed by atoms with E-state index in [0.29, 0.717) is 11.4 Å². The van der Waals surface area contributed by atoms with Crippen molar-refractivity contribution in [3.8, 4) is 11.5 Å². The first-order chi connectivity index (χ1) is 14.4. The highest BCUT2D eigenvalue weighted by molar-refractivity contribution is 7.94. The lowest BCUT2D eigenvalue weighted by Crippen LogP contribution is -2.25. The fourth-order valence-corrected chi connectivity index (χ4v) is 4.86. The van der Waals surface area contributed by atoms with E-state index in [2.05, 4.69) is 0 Å². The molecular formula is C21H21NO6S2. The van der Waals surface area contributed by atoms with E-state index in [1.807, 2.05) is 12.1 Å². The molecule has 1 heterocycles. The third-order valence-corrected chi connectivity index (χ3v) is 7.38. The maximum absolute atomic E-state index is 12.6. The van der Waals surface area contributed by atoms with Crippen molar-refractivity contribution in [3.63, 3.8) is 0 Å². The summed E-state index contributed by atoms with van der Waals surface area (Å²) in [5.74, 6) is 0.653. The summed E-state index contributed by atoms with van der Waals surface area (Å²) in [7, 11) is -0.526. The number of esters is 1. The molecule has 7 nitrogen and oxygen atoms in total. The highest BCUT2D eigenvalue weighted by Crippen LogP contribution is 2.26. The van der Waals surface area contributed by atoms with E-state index < -0.39 is 16.0 Å². The van der Waals surface area contributed by atoms with Crippen LogP contribution in [0.1, 0.15) is 5.56 Å². The van der Waals surface area contributed by atoms with Crippen LogP contribution in [0.25, 0.3) is 0 Å². The molecule has 0 bridgehead atoms. The van der Waals surface area contributed by atoms with E-state index in [1.54, 1.807) is 61.0 Å². The molecule has 0 unspecified atom stereocenters. The lowest BCUT2D eigenvalue weighted by Gasteiger charge is -2.18. The van der Waals surface area contributed by atoms with Gasteiger partial charge in [0.1, 0.15) is 22.3 Å². The lowest BCUT2D eigenvalue weighted by atomic mass is 10.2. The smallest absolute Gasteiger partial charge is 0.344 e. The molecule has 0 amide bonds. The van der Waals surface area contributed by atoms with Crippen molar-refractivity contribution in [1.29, 1.82) is 0 Å². The van der Waals surface area contributed by atoms with Gasteiger partial charge in [0.2, 0.25) is 0 Å². The highest BCUT2D eigenvalue weighted by Gasteiger charge is 2.22. The third kappa shape index (κ3) is 5.31. The van der Waals surface area contributed by atoms with Crippen molar-refractivity contribution in [2.24, 2.45) is 0 Å². The number of benzene rings is 2. The number of hydrogen-bond acceptors (Lipinski definition) is 7. The third-order valence-electron chi connectivity index (χ3n) is 4.23. The second-order valence-electron chi connectivity index (χ2n) is 6.20. The molecule has 0 radical (unpaired) electrons. The van der Waals surface area contributed by atoms with Gasteiger partial charge < -0.3 is 14.2 Å². The first kappa shape index (κ1) is 21.7. The zero-order valence-corrected chi connectivity index (χ0v) is 18.1. The summed E-state index contributed by atoms with van der Waals surface area (Å²) in [6, 6.07) is 16.9. The van der Waals surface area contributed by atoms with E-state index in [-0.39, 0.29) is 17.4 Å². The molecular weight excluding hydrogens is 426 g/mol. The van der Waals surface area contributed by atoms with Gasteiger partial charge in [-0.05, 0) is 53.4 Å². The summed E-state index contributed by atoms with van der Waals surface area (Å²) >= 11 is 1.16. The van der Waals surface area contributed by atoms with Gasteiger partial charge in [0.05, 0.1) is 12.8 Å². The summed E-state index contributed by atoms with van der Waals surface area (Å²) in [4.78, 5) is 11.9.